The number of benzene rings is 3. The molecule has 1 unspecified atom stereocenters. The van der Waals surface area contributed by atoms with Crippen LogP contribution in [0, 0.1) is 0 Å². The molecular weight excluding hydrogens is 498 g/mol. The molecule has 1 aliphatic heterocycles. The van der Waals surface area contributed by atoms with Crippen LogP contribution < -0.4 is 10.1 Å². The van der Waals surface area contributed by atoms with Crippen LogP contribution in [0.15, 0.2) is 77.7 Å². The maximum Gasteiger partial charge on any atom is 0.243 e. The van der Waals surface area contributed by atoms with Crippen molar-refractivity contribution < 1.29 is 13.2 Å². The molecule has 0 bridgehead atoms. The number of sulfonamides is 1. The zero-order chi connectivity index (χ0) is 26.7. The van der Waals surface area contributed by atoms with Gasteiger partial charge >= 0.3 is 0 Å². The van der Waals surface area contributed by atoms with E-state index < -0.39 is 10.0 Å². The lowest BCUT2D eigenvalue weighted by molar-refractivity contribution is 0.141. The lowest BCUT2D eigenvalue weighted by atomic mass is 10.2. The van der Waals surface area contributed by atoms with Crippen LogP contribution in [0.25, 0.3) is 10.9 Å². The molecule has 1 atom stereocenters. The highest BCUT2D eigenvalue weighted by atomic mass is 32.2. The van der Waals surface area contributed by atoms with E-state index in [9.17, 15) is 8.42 Å². The van der Waals surface area contributed by atoms with E-state index in [1.165, 1.54) is 0 Å². The van der Waals surface area contributed by atoms with Crippen LogP contribution in [0.4, 0.5) is 11.5 Å². The molecule has 0 amide bonds. The second kappa shape index (κ2) is 11.1. The van der Waals surface area contributed by atoms with Crippen LogP contribution in [0.2, 0.25) is 0 Å². The van der Waals surface area contributed by atoms with Crippen LogP contribution in [0.1, 0.15) is 31.3 Å². The highest BCUT2D eigenvalue weighted by molar-refractivity contribution is 7.89. The van der Waals surface area contributed by atoms with E-state index >= 15 is 0 Å². The first-order valence-electron chi connectivity index (χ1n) is 12.9. The van der Waals surface area contributed by atoms with Crippen molar-refractivity contribution >= 4 is 32.4 Å². The van der Waals surface area contributed by atoms with Gasteiger partial charge < -0.3 is 10.1 Å². The van der Waals surface area contributed by atoms with Gasteiger partial charge in [-0.25, -0.2) is 18.4 Å². The molecule has 1 fully saturated rings. The van der Waals surface area contributed by atoms with Crippen LogP contribution in [-0.4, -0.2) is 60.9 Å². The molecule has 2 heterocycles. The van der Waals surface area contributed by atoms with Crippen LogP contribution in [0.3, 0.4) is 0 Å². The van der Waals surface area contributed by atoms with Crippen molar-refractivity contribution in [2.75, 3.05) is 38.6 Å². The van der Waals surface area contributed by atoms with E-state index in [1.807, 2.05) is 60.7 Å². The molecule has 0 aliphatic carbocycles. The van der Waals surface area contributed by atoms with Crippen LogP contribution in [0.5, 0.6) is 5.75 Å². The number of fused-ring (bicyclic) bond motifs is 1. The molecule has 1 aliphatic rings. The van der Waals surface area contributed by atoms with E-state index in [4.69, 9.17) is 14.7 Å². The molecule has 9 heteroatoms. The Morgan fingerprint density at radius 3 is 2.32 bits per heavy atom. The van der Waals surface area contributed by atoms with Crippen molar-refractivity contribution in [3.63, 3.8) is 0 Å². The number of nitrogens with zero attached hydrogens (tertiary/aromatic N) is 4. The Morgan fingerprint density at radius 1 is 0.921 bits per heavy atom. The number of methoxy groups -OCH3 is 1. The summed E-state index contributed by atoms with van der Waals surface area (Å²) in [5.41, 5.74) is 2.79. The molecule has 8 nitrogen and oxygen atoms in total. The zero-order valence-electron chi connectivity index (χ0n) is 22.0. The fraction of sp³-hybridized carbons (Fsp3) is 0.310. The number of aryl methyl sites for hydroxylation is 1. The van der Waals surface area contributed by atoms with Gasteiger partial charge in [0.15, 0.2) is 0 Å². The van der Waals surface area contributed by atoms with Gasteiger partial charge in [-0.3, -0.25) is 4.90 Å². The quantitative estimate of drug-likeness (QED) is 0.342. The predicted molar refractivity (Wildman–Crippen MR) is 150 cm³/mol. The third-order valence-electron chi connectivity index (χ3n) is 7.14. The number of anilines is 2. The molecule has 1 saturated heterocycles. The third kappa shape index (κ3) is 5.22. The fourth-order valence-corrected chi connectivity index (χ4v) is 6.22. The Balaban J connectivity index is 1.36. The fourth-order valence-electron chi connectivity index (χ4n) is 4.79. The van der Waals surface area contributed by atoms with Gasteiger partial charge in [0.1, 0.15) is 17.4 Å². The molecule has 1 aromatic heterocycles. The first kappa shape index (κ1) is 26.1. The smallest absolute Gasteiger partial charge is 0.243 e. The van der Waals surface area contributed by atoms with Crippen molar-refractivity contribution in [2.45, 2.75) is 31.2 Å². The summed E-state index contributed by atoms with van der Waals surface area (Å²) in [5, 5.41) is 4.35. The maximum atomic E-state index is 13.2. The van der Waals surface area contributed by atoms with Gasteiger partial charge in [-0.15, -0.1) is 0 Å². The Hall–Kier alpha value is -3.53. The first-order valence-corrected chi connectivity index (χ1v) is 14.3. The number of rotatable bonds is 8. The summed E-state index contributed by atoms with van der Waals surface area (Å²) < 4.78 is 33.5. The van der Waals surface area contributed by atoms with Crippen molar-refractivity contribution in [3.8, 4) is 5.75 Å². The second-order valence-corrected chi connectivity index (χ2v) is 11.3. The van der Waals surface area contributed by atoms with Gasteiger partial charge in [0.25, 0.3) is 0 Å². The largest absolute Gasteiger partial charge is 0.495 e. The molecule has 5 rings (SSSR count). The summed E-state index contributed by atoms with van der Waals surface area (Å²) >= 11 is 0. The number of ether oxygens (including phenoxy) is 1. The van der Waals surface area contributed by atoms with Crippen LogP contribution >= 0.6 is 0 Å². The summed E-state index contributed by atoms with van der Waals surface area (Å²) in [6.07, 6.45) is 0.879. The SMILES string of the molecule is CCc1ccc(S(=O)(=O)N2CCN(C(C)c3nc(Nc4ccccc4OC)c4ccccc4n3)CC2)cc1. The molecule has 1 N–H and O–H groups in total. The lowest BCUT2D eigenvalue weighted by Gasteiger charge is -2.37. The van der Waals surface area contributed by atoms with E-state index in [-0.39, 0.29) is 6.04 Å². The molecular formula is C29H33N5O3S. The van der Waals surface area contributed by atoms with Crippen molar-refractivity contribution in [1.82, 2.24) is 19.2 Å². The Labute approximate surface area is 224 Å². The lowest BCUT2D eigenvalue weighted by Crippen LogP contribution is -2.49. The highest BCUT2D eigenvalue weighted by Crippen LogP contribution is 2.31. The highest BCUT2D eigenvalue weighted by Gasteiger charge is 2.31. The first-order chi connectivity index (χ1) is 18.4. The minimum absolute atomic E-state index is 0.0912. The van der Waals surface area contributed by atoms with Gasteiger partial charge in [0.2, 0.25) is 10.0 Å². The van der Waals surface area contributed by atoms with Crippen LogP contribution in [-0.2, 0) is 16.4 Å². The Kier molecular flexibility index (Phi) is 7.60. The van der Waals surface area contributed by atoms with E-state index in [0.29, 0.717) is 42.7 Å². The summed E-state index contributed by atoms with van der Waals surface area (Å²) in [4.78, 5) is 12.4. The average Bonchev–Trinajstić information content (AvgIpc) is 2.97. The number of nitrogens with one attached hydrogen (secondary N) is 1. The number of para-hydroxylation sites is 3. The Morgan fingerprint density at radius 2 is 1.61 bits per heavy atom. The third-order valence-corrected chi connectivity index (χ3v) is 9.06. The summed E-state index contributed by atoms with van der Waals surface area (Å²) in [5.74, 6) is 2.12. The molecule has 198 valence electrons. The molecule has 0 saturated carbocycles. The van der Waals surface area contributed by atoms with Gasteiger partial charge in [-0.1, -0.05) is 43.3 Å². The van der Waals surface area contributed by atoms with E-state index in [2.05, 4.69) is 24.1 Å². The van der Waals surface area contributed by atoms with Gasteiger partial charge in [-0.05, 0) is 55.3 Å². The van der Waals surface area contributed by atoms with Crippen molar-refractivity contribution in [2.24, 2.45) is 0 Å². The zero-order valence-corrected chi connectivity index (χ0v) is 22.8. The number of hydrogen-bond donors (Lipinski definition) is 1. The monoisotopic (exact) mass is 531 g/mol. The van der Waals surface area contributed by atoms with Gasteiger partial charge in [-0.2, -0.15) is 4.31 Å². The predicted octanol–water partition coefficient (Wildman–Crippen LogP) is 5.01. The minimum atomic E-state index is -3.52. The van der Waals surface area contributed by atoms with E-state index in [1.54, 1.807) is 23.5 Å². The standard InChI is InChI=1S/C29H33N5O3S/c1-4-22-13-15-23(16-14-22)38(35,36)34-19-17-33(18-20-34)21(2)28-30-25-10-6-5-9-24(25)29(32-28)31-26-11-7-8-12-27(26)37-3/h5-16,21H,4,17-20H2,1-3H3,(H,30,31,32). The number of hydrogen-bond acceptors (Lipinski definition) is 7. The normalized spacial score (nSPS) is 15.9. The maximum absolute atomic E-state index is 13.2. The molecule has 3 aromatic carbocycles. The van der Waals surface area contributed by atoms with Crippen molar-refractivity contribution in [1.29, 1.82) is 0 Å². The molecule has 4 aromatic rings. The molecule has 0 spiro atoms. The summed E-state index contributed by atoms with van der Waals surface area (Å²) in [7, 11) is -1.88. The van der Waals surface area contributed by atoms with Gasteiger partial charge in [0, 0.05) is 31.6 Å². The van der Waals surface area contributed by atoms with E-state index in [0.717, 1.165) is 34.3 Å². The van der Waals surface area contributed by atoms with Gasteiger partial charge in [0.05, 0.1) is 29.3 Å². The minimum Gasteiger partial charge on any atom is -0.495 e. The molecule has 38 heavy (non-hydrogen) atoms. The topological polar surface area (TPSA) is 87.7 Å². The second-order valence-electron chi connectivity index (χ2n) is 9.39. The van der Waals surface area contributed by atoms with Crippen molar-refractivity contribution in [3.05, 3.63) is 84.2 Å². The number of aromatic nitrogens is 2. The summed E-state index contributed by atoms with van der Waals surface area (Å²) in [6, 6.07) is 22.8. The number of piperazine rings is 1. The summed E-state index contributed by atoms with van der Waals surface area (Å²) in [6.45, 7) is 6.16. The molecule has 0 radical (unpaired) electrons. The Bertz CT molecular complexity index is 1520. The average molecular weight is 532 g/mol.